The molecule has 74 valence electrons. The van der Waals surface area contributed by atoms with E-state index in [1.807, 2.05) is 0 Å². The highest BCUT2D eigenvalue weighted by Gasteiger charge is 2.30. The molecule has 0 heterocycles. The first-order chi connectivity index (χ1) is 6.48. The topological polar surface area (TPSA) is 37.3 Å². The lowest BCUT2D eigenvalue weighted by Crippen LogP contribution is -2.26. The Morgan fingerprint density at radius 3 is 2.71 bits per heavy atom. The van der Waals surface area contributed by atoms with Crippen molar-refractivity contribution in [1.82, 2.24) is 0 Å². The molecule has 0 amide bonds. The minimum absolute atomic E-state index is 0.0257. The third-order valence-corrected chi connectivity index (χ3v) is 2.70. The predicted molar refractivity (Wildman–Crippen MR) is 54.5 cm³/mol. The Bertz CT molecular complexity index is 391. The zero-order valence-corrected chi connectivity index (χ0v) is 8.50. The fourth-order valence-corrected chi connectivity index (χ4v) is 2.11. The summed E-state index contributed by atoms with van der Waals surface area (Å²) in [6.45, 7) is 4.16. The number of ketones is 1. The fraction of sp³-hybridized carbons (Fsp3) is 0.417. The number of carbonyl (C=O) groups excluding carboxylic acids is 1. The van der Waals surface area contributed by atoms with Crippen LogP contribution < -0.4 is 0 Å². The average molecular weight is 190 g/mol. The lowest BCUT2D eigenvalue weighted by Gasteiger charge is -2.30. The van der Waals surface area contributed by atoms with E-state index in [1.165, 1.54) is 0 Å². The number of rotatable bonds is 0. The molecular formula is C12H14O2. The van der Waals surface area contributed by atoms with Gasteiger partial charge in [-0.05, 0) is 35.6 Å². The van der Waals surface area contributed by atoms with Crippen LogP contribution in [0.25, 0.3) is 0 Å². The lowest BCUT2D eigenvalue weighted by atomic mass is 9.74. The number of benzene rings is 1. The van der Waals surface area contributed by atoms with Crippen molar-refractivity contribution >= 4 is 5.78 Å². The van der Waals surface area contributed by atoms with E-state index in [0.717, 1.165) is 17.5 Å². The average Bonchev–Trinajstić information content (AvgIpc) is 2.00. The second kappa shape index (κ2) is 2.84. The van der Waals surface area contributed by atoms with Crippen molar-refractivity contribution in [3.8, 4) is 5.75 Å². The van der Waals surface area contributed by atoms with Crippen LogP contribution in [-0.2, 0) is 6.42 Å². The zero-order valence-electron chi connectivity index (χ0n) is 8.50. The molecular weight excluding hydrogens is 176 g/mol. The maximum absolute atomic E-state index is 11.7. The summed E-state index contributed by atoms with van der Waals surface area (Å²) >= 11 is 0. The largest absolute Gasteiger partial charge is 0.508 e. The first-order valence-corrected chi connectivity index (χ1v) is 4.83. The van der Waals surface area contributed by atoms with Crippen molar-refractivity contribution in [2.45, 2.75) is 26.7 Å². The van der Waals surface area contributed by atoms with E-state index in [0.29, 0.717) is 6.42 Å². The lowest BCUT2D eigenvalue weighted by molar-refractivity contribution is 0.0912. The molecule has 0 aromatic heterocycles. The van der Waals surface area contributed by atoms with E-state index in [1.54, 1.807) is 18.2 Å². The van der Waals surface area contributed by atoms with Crippen molar-refractivity contribution in [1.29, 1.82) is 0 Å². The van der Waals surface area contributed by atoms with Gasteiger partial charge in [-0.2, -0.15) is 0 Å². The summed E-state index contributed by atoms with van der Waals surface area (Å²) in [4.78, 5) is 11.7. The molecule has 2 nitrogen and oxygen atoms in total. The van der Waals surface area contributed by atoms with Crippen molar-refractivity contribution in [3.63, 3.8) is 0 Å². The Labute approximate surface area is 83.6 Å². The van der Waals surface area contributed by atoms with E-state index < -0.39 is 0 Å². The number of hydrogen-bond donors (Lipinski definition) is 1. The normalized spacial score (nSPS) is 19.1. The van der Waals surface area contributed by atoms with Gasteiger partial charge in [0.25, 0.3) is 0 Å². The molecule has 0 fully saturated rings. The summed E-state index contributed by atoms with van der Waals surface area (Å²) in [6, 6.07) is 5.01. The van der Waals surface area contributed by atoms with Crippen LogP contribution in [0.1, 0.15) is 36.2 Å². The summed E-state index contributed by atoms with van der Waals surface area (Å²) in [6.07, 6.45) is 1.47. The Kier molecular flexibility index (Phi) is 1.88. The molecule has 0 aliphatic heterocycles. The number of Topliss-reactive ketones (excluding diaryl/α,β-unsaturated/α-hetero) is 1. The van der Waals surface area contributed by atoms with E-state index in [4.69, 9.17) is 0 Å². The maximum atomic E-state index is 11.7. The smallest absolute Gasteiger partial charge is 0.163 e. The molecule has 0 radical (unpaired) electrons. The molecule has 1 aromatic carbocycles. The fourth-order valence-electron chi connectivity index (χ4n) is 2.11. The number of phenols is 1. The molecule has 0 bridgehead atoms. The molecule has 2 rings (SSSR count). The van der Waals surface area contributed by atoms with Crippen molar-refractivity contribution < 1.29 is 9.90 Å². The second-order valence-corrected chi connectivity index (χ2v) is 4.78. The van der Waals surface area contributed by atoms with Crippen molar-refractivity contribution in [2.75, 3.05) is 0 Å². The van der Waals surface area contributed by atoms with E-state index in [2.05, 4.69) is 13.8 Å². The summed E-state index contributed by atoms with van der Waals surface area (Å²) < 4.78 is 0. The Balaban J connectivity index is 2.51. The predicted octanol–water partition coefficient (Wildman–Crippen LogP) is 2.55. The number of aromatic hydroxyl groups is 1. The van der Waals surface area contributed by atoms with Gasteiger partial charge in [0.2, 0.25) is 0 Å². The quantitative estimate of drug-likeness (QED) is 0.682. The number of fused-ring (bicyclic) bond motifs is 1. The van der Waals surface area contributed by atoms with Gasteiger partial charge >= 0.3 is 0 Å². The van der Waals surface area contributed by atoms with E-state index >= 15 is 0 Å². The van der Waals surface area contributed by atoms with Crippen LogP contribution >= 0.6 is 0 Å². The SMILES string of the molecule is CC1(C)CC(=O)c2ccc(O)cc2C1. The van der Waals surface area contributed by atoms with Gasteiger partial charge in [0, 0.05) is 12.0 Å². The summed E-state index contributed by atoms with van der Waals surface area (Å²) in [7, 11) is 0. The highest BCUT2D eigenvalue weighted by atomic mass is 16.3. The van der Waals surface area contributed by atoms with Gasteiger partial charge in [-0.1, -0.05) is 13.8 Å². The molecule has 0 atom stereocenters. The zero-order chi connectivity index (χ0) is 10.3. The molecule has 14 heavy (non-hydrogen) atoms. The van der Waals surface area contributed by atoms with Crippen molar-refractivity contribution in [2.24, 2.45) is 5.41 Å². The molecule has 0 saturated carbocycles. The van der Waals surface area contributed by atoms with Crippen LogP contribution in [0.15, 0.2) is 18.2 Å². The third kappa shape index (κ3) is 1.52. The van der Waals surface area contributed by atoms with Crippen LogP contribution in [-0.4, -0.2) is 10.9 Å². The van der Waals surface area contributed by atoms with Crippen LogP contribution in [0.5, 0.6) is 5.75 Å². The molecule has 1 aliphatic rings. The summed E-state index contributed by atoms with van der Waals surface area (Å²) in [5.41, 5.74) is 1.78. The van der Waals surface area contributed by atoms with Crippen LogP contribution in [0, 0.1) is 5.41 Å². The Morgan fingerprint density at radius 2 is 2.00 bits per heavy atom. The molecule has 2 heteroatoms. The molecule has 0 unspecified atom stereocenters. The molecule has 1 aliphatic carbocycles. The van der Waals surface area contributed by atoms with Crippen LogP contribution in [0.3, 0.4) is 0 Å². The number of carbonyl (C=O) groups is 1. The molecule has 1 N–H and O–H groups in total. The standard InChI is InChI=1S/C12H14O2/c1-12(2)6-8-5-9(13)3-4-10(8)11(14)7-12/h3-5,13H,6-7H2,1-2H3. The van der Waals surface area contributed by atoms with Crippen LogP contribution in [0.4, 0.5) is 0 Å². The molecule has 0 spiro atoms. The van der Waals surface area contributed by atoms with Gasteiger partial charge in [0.05, 0.1) is 0 Å². The first kappa shape index (κ1) is 9.25. The minimum Gasteiger partial charge on any atom is -0.508 e. The molecule has 1 aromatic rings. The molecule has 0 saturated heterocycles. The Hall–Kier alpha value is -1.31. The third-order valence-electron chi connectivity index (χ3n) is 2.70. The second-order valence-electron chi connectivity index (χ2n) is 4.78. The highest BCUT2D eigenvalue weighted by Crippen LogP contribution is 2.35. The highest BCUT2D eigenvalue weighted by molar-refractivity contribution is 5.99. The van der Waals surface area contributed by atoms with Gasteiger partial charge < -0.3 is 5.11 Å². The van der Waals surface area contributed by atoms with E-state index in [-0.39, 0.29) is 16.9 Å². The summed E-state index contributed by atoms with van der Waals surface area (Å²) in [5, 5.41) is 9.33. The number of phenolic OH excluding ortho intramolecular Hbond substituents is 1. The minimum atomic E-state index is 0.0257. The van der Waals surface area contributed by atoms with Gasteiger partial charge in [-0.3, -0.25) is 4.79 Å². The monoisotopic (exact) mass is 190 g/mol. The van der Waals surface area contributed by atoms with Gasteiger partial charge in [0.15, 0.2) is 5.78 Å². The van der Waals surface area contributed by atoms with E-state index in [9.17, 15) is 9.90 Å². The number of hydrogen-bond acceptors (Lipinski definition) is 2. The first-order valence-electron chi connectivity index (χ1n) is 4.83. The van der Waals surface area contributed by atoms with Gasteiger partial charge in [-0.25, -0.2) is 0 Å². The summed E-state index contributed by atoms with van der Waals surface area (Å²) in [5.74, 6) is 0.436. The van der Waals surface area contributed by atoms with Crippen molar-refractivity contribution in [3.05, 3.63) is 29.3 Å². The van der Waals surface area contributed by atoms with Gasteiger partial charge in [-0.15, -0.1) is 0 Å². The maximum Gasteiger partial charge on any atom is 0.163 e. The Morgan fingerprint density at radius 1 is 1.29 bits per heavy atom. The van der Waals surface area contributed by atoms with Crippen LogP contribution in [0.2, 0.25) is 0 Å². The van der Waals surface area contributed by atoms with Gasteiger partial charge in [0.1, 0.15) is 5.75 Å².